The number of unbranched alkanes of at least 4 members (excludes halogenated alkanes) is 1. The van der Waals surface area contributed by atoms with E-state index in [0.29, 0.717) is 0 Å². The first-order valence-corrected chi connectivity index (χ1v) is 11.2. The highest BCUT2D eigenvalue weighted by atomic mass is 32.2. The lowest BCUT2D eigenvalue weighted by atomic mass is 10.3. The predicted molar refractivity (Wildman–Crippen MR) is 101 cm³/mol. The van der Waals surface area contributed by atoms with Crippen LogP contribution in [0.25, 0.3) is 0 Å². The third kappa shape index (κ3) is 5.56. The van der Waals surface area contributed by atoms with Crippen molar-refractivity contribution in [2.45, 2.75) is 22.6 Å². The van der Waals surface area contributed by atoms with Gasteiger partial charge in [-0.1, -0.05) is 24.3 Å². The number of hydrogen-bond acceptors (Lipinski definition) is 9. The van der Waals surface area contributed by atoms with Gasteiger partial charge >= 0.3 is 10.1 Å². The van der Waals surface area contributed by atoms with Crippen molar-refractivity contribution in [2.75, 3.05) is 12.4 Å². The second-order valence-electron chi connectivity index (χ2n) is 5.75. The molecule has 0 aliphatic heterocycles. The second kappa shape index (κ2) is 9.07. The molecule has 156 valence electrons. The van der Waals surface area contributed by atoms with Crippen LogP contribution in [0.2, 0.25) is 0 Å². The van der Waals surface area contributed by atoms with E-state index in [1.54, 1.807) is 0 Å². The number of rotatable bonds is 10. The minimum absolute atomic E-state index is 0.000275. The van der Waals surface area contributed by atoms with Crippen molar-refractivity contribution >= 4 is 31.3 Å². The first-order valence-electron chi connectivity index (χ1n) is 8.15. The molecule has 0 saturated heterocycles. The number of sulfone groups is 1. The van der Waals surface area contributed by atoms with Gasteiger partial charge in [0.1, 0.15) is 4.90 Å². The molecule has 0 aromatic heterocycles. The smallest absolute Gasteiger partial charge is 0.266 e. The molecule has 0 spiro atoms. The summed E-state index contributed by atoms with van der Waals surface area (Å²) in [5.74, 6) is -0.452. The Balaban J connectivity index is 1.98. The normalized spacial score (nSPS) is 11.9. The fraction of sp³-hybridized carbons (Fsp3) is 0.250. The maximum atomic E-state index is 12.3. The highest BCUT2D eigenvalue weighted by Crippen LogP contribution is 2.26. The molecule has 11 nitrogen and oxygen atoms in total. The average Bonchev–Trinajstić information content (AvgIpc) is 2.67. The summed E-state index contributed by atoms with van der Waals surface area (Å²) in [5, 5.41) is 21.9. The van der Waals surface area contributed by atoms with Gasteiger partial charge in [-0.3, -0.25) is 24.4 Å². The number of nitrogens with zero attached hydrogens (tertiary/aromatic N) is 2. The molecule has 13 heteroatoms. The Hall–Kier alpha value is -2.90. The van der Waals surface area contributed by atoms with E-state index in [2.05, 4.69) is 0 Å². The van der Waals surface area contributed by atoms with Gasteiger partial charge in [-0.15, -0.1) is 0 Å². The van der Waals surface area contributed by atoms with Gasteiger partial charge in [0.2, 0.25) is 0 Å². The van der Waals surface area contributed by atoms with E-state index < -0.39 is 63.3 Å². The molecule has 0 fully saturated rings. The maximum absolute atomic E-state index is 12.3. The number of nitro groups is 2. The van der Waals surface area contributed by atoms with Crippen molar-refractivity contribution in [2.24, 2.45) is 0 Å². The molecule has 29 heavy (non-hydrogen) atoms. The molecule has 2 aromatic carbocycles. The minimum Gasteiger partial charge on any atom is -0.266 e. The summed E-state index contributed by atoms with van der Waals surface area (Å²) >= 11 is 0. The van der Waals surface area contributed by atoms with Crippen molar-refractivity contribution in [3.63, 3.8) is 0 Å². The Morgan fingerprint density at radius 2 is 1.24 bits per heavy atom. The summed E-state index contributed by atoms with van der Waals surface area (Å²) in [5.41, 5.74) is -1.17. The van der Waals surface area contributed by atoms with Crippen LogP contribution in [0.15, 0.2) is 58.3 Å². The molecule has 0 N–H and O–H groups in total. The largest absolute Gasteiger partial charge is 0.303 e. The molecule has 0 aliphatic rings. The fourth-order valence-electron chi connectivity index (χ4n) is 2.43. The number of para-hydroxylation sites is 2. The van der Waals surface area contributed by atoms with Crippen LogP contribution < -0.4 is 0 Å². The Labute approximate surface area is 166 Å². The quantitative estimate of drug-likeness (QED) is 0.232. The average molecular weight is 444 g/mol. The summed E-state index contributed by atoms with van der Waals surface area (Å²) in [6, 6.07) is 9.59. The van der Waals surface area contributed by atoms with Crippen LogP contribution in [0.5, 0.6) is 0 Å². The maximum Gasteiger partial charge on any atom is 0.303 e. The van der Waals surface area contributed by atoms with Gasteiger partial charge in [-0.2, -0.15) is 8.42 Å². The zero-order chi connectivity index (χ0) is 21.7. The minimum atomic E-state index is -4.40. The van der Waals surface area contributed by atoms with Crippen LogP contribution in [0.4, 0.5) is 11.4 Å². The topological polar surface area (TPSA) is 164 Å². The first-order chi connectivity index (χ1) is 13.6. The molecule has 0 amide bonds. The van der Waals surface area contributed by atoms with Crippen LogP contribution in [0.3, 0.4) is 0 Å². The molecule has 0 saturated carbocycles. The van der Waals surface area contributed by atoms with E-state index in [-0.39, 0.29) is 12.8 Å². The monoisotopic (exact) mass is 444 g/mol. The molecular formula is C16H16N2O9S2. The third-order valence-electron chi connectivity index (χ3n) is 3.77. The molecule has 2 aromatic rings. The lowest BCUT2D eigenvalue weighted by Gasteiger charge is -2.07. The predicted octanol–water partition coefficient (Wildman–Crippen LogP) is 2.46. The van der Waals surface area contributed by atoms with Crippen LogP contribution >= 0.6 is 0 Å². The van der Waals surface area contributed by atoms with E-state index in [9.17, 15) is 37.1 Å². The fourth-order valence-corrected chi connectivity index (χ4v) is 5.09. The number of nitro benzene ring substituents is 2. The highest BCUT2D eigenvalue weighted by Gasteiger charge is 2.27. The summed E-state index contributed by atoms with van der Waals surface area (Å²) in [7, 11) is -8.36. The summed E-state index contributed by atoms with van der Waals surface area (Å²) in [6.07, 6.45) is -0.0273. The standard InChI is InChI=1S/C16H16N2O9S2/c19-17(20)13-7-1-3-9-15(13)28(23,24)12-6-5-11-27-29(25,26)16-10-4-2-8-14(16)18(21)22/h1-4,7-10H,5-6,11-12H2. The number of benzene rings is 2. The van der Waals surface area contributed by atoms with E-state index in [4.69, 9.17) is 4.18 Å². The van der Waals surface area contributed by atoms with Crippen molar-refractivity contribution in [3.8, 4) is 0 Å². The Morgan fingerprint density at radius 3 is 1.79 bits per heavy atom. The zero-order valence-electron chi connectivity index (χ0n) is 14.8. The van der Waals surface area contributed by atoms with Gasteiger partial charge in [0.05, 0.1) is 22.2 Å². The van der Waals surface area contributed by atoms with Crippen molar-refractivity contribution in [1.82, 2.24) is 0 Å². The van der Waals surface area contributed by atoms with Gasteiger partial charge in [0.25, 0.3) is 11.4 Å². The molecule has 0 heterocycles. The van der Waals surface area contributed by atoms with Gasteiger partial charge in [0, 0.05) is 12.1 Å². The van der Waals surface area contributed by atoms with Gasteiger partial charge < -0.3 is 0 Å². The molecule has 0 bridgehead atoms. The van der Waals surface area contributed by atoms with Crippen molar-refractivity contribution in [1.29, 1.82) is 0 Å². The molecule has 0 aliphatic carbocycles. The van der Waals surface area contributed by atoms with E-state index >= 15 is 0 Å². The lowest BCUT2D eigenvalue weighted by molar-refractivity contribution is -0.388. The van der Waals surface area contributed by atoms with Crippen molar-refractivity contribution < 1.29 is 30.9 Å². The molecule has 0 radical (unpaired) electrons. The van der Waals surface area contributed by atoms with E-state index in [1.807, 2.05) is 0 Å². The summed E-state index contributed by atoms with van der Waals surface area (Å²) < 4.78 is 53.7. The Kier molecular flexibility index (Phi) is 7.00. The SMILES string of the molecule is O=[N+]([O-])c1ccccc1S(=O)(=O)CCCCOS(=O)(=O)c1ccccc1[N+](=O)[O-]. The van der Waals surface area contributed by atoms with Gasteiger partial charge in [-0.05, 0) is 25.0 Å². The third-order valence-corrected chi connectivity index (χ3v) is 6.98. The van der Waals surface area contributed by atoms with Crippen LogP contribution in [-0.4, -0.2) is 39.0 Å². The van der Waals surface area contributed by atoms with Crippen LogP contribution in [0, 0.1) is 20.2 Å². The van der Waals surface area contributed by atoms with Crippen molar-refractivity contribution in [3.05, 3.63) is 68.8 Å². The molecule has 2 rings (SSSR count). The molecular weight excluding hydrogens is 428 g/mol. The molecule has 0 atom stereocenters. The lowest BCUT2D eigenvalue weighted by Crippen LogP contribution is -2.12. The summed E-state index contributed by atoms with van der Waals surface area (Å²) in [6.45, 7) is -0.402. The first kappa shape index (κ1) is 22.4. The molecule has 0 unspecified atom stereocenters. The van der Waals surface area contributed by atoms with E-state index in [0.717, 1.165) is 24.3 Å². The van der Waals surface area contributed by atoms with Crippen LogP contribution in [-0.2, 0) is 24.1 Å². The zero-order valence-corrected chi connectivity index (χ0v) is 16.5. The Bertz CT molecular complexity index is 1040. The number of hydrogen-bond donors (Lipinski definition) is 0. The van der Waals surface area contributed by atoms with E-state index in [1.165, 1.54) is 24.3 Å². The summed E-state index contributed by atoms with van der Waals surface area (Å²) in [4.78, 5) is 19.2. The second-order valence-corrected chi connectivity index (χ2v) is 9.41. The van der Waals surface area contributed by atoms with Gasteiger partial charge in [0.15, 0.2) is 14.7 Å². The van der Waals surface area contributed by atoms with Gasteiger partial charge in [-0.25, -0.2) is 8.42 Å². The Morgan fingerprint density at radius 1 is 0.759 bits per heavy atom. The highest BCUT2D eigenvalue weighted by molar-refractivity contribution is 7.91. The van der Waals surface area contributed by atoms with Crippen LogP contribution in [0.1, 0.15) is 12.8 Å².